The minimum atomic E-state index is -0.873. The Bertz CT molecular complexity index is 555. The molecule has 0 aliphatic carbocycles. The second-order valence-electron chi connectivity index (χ2n) is 4.88. The lowest BCUT2D eigenvalue weighted by Gasteiger charge is -2.18. The maximum atomic E-state index is 12.1. The molecule has 20 heavy (non-hydrogen) atoms. The minimum Gasteiger partial charge on any atom is -0.368 e. The third kappa shape index (κ3) is 3.53. The van der Waals surface area contributed by atoms with Crippen LogP contribution in [0.1, 0.15) is 29.8 Å². The lowest BCUT2D eigenvalue weighted by atomic mass is 10.0. The van der Waals surface area contributed by atoms with E-state index in [1.165, 1.54) is 12.1 Å². The van der Waals surface area contributed by atoms with Gasteiger partial charge in [-0.3, -0.25) is 19.7 Å². The van der Waals surface area contributed by atoms with Gasteiger partial charge in [0.25, 0.3) is 11.6 Å². The molecule has 0 saturated heterocycles. The number of hydrogen-bond donors (Lipinski definition) is 2. The average Bonchev–Trinajstić information content (AvgIpc) is 2.34. The summed E-state index contributed by atoms with van der Waals surface area (Å²) in [6.45, 7) is 5.16. The number of primary amides is 1. The van der Waals surface area contributed by atoms with Crippen molar-refractivity contribution in [1.82, 2.24) is 5.32 Å². The van der Waals surface area contributed by atoms with Crippen LogP contribution >= 0.6 is 0 Å². The van der Waals surface area contributed by atoms with Crippen molar-refractivity contribution in [2.45, 2.75) is 26.8 Å². The topological polar surface area (TPSA) is 115 Å². The van der Waals surface area contributed by atoms with Crippen LogP contribution in [0.5, 0.6) is 0 Å². The van der Waals surface area contributed by atoms with E-state index >= 15 is 0 Å². The number of nitrogens with zero attached hydrogens (tertiary/aromatic N) is 1. The first kappa shape index (κ1) is 15.6. The van der Waals surface area contributed by atoms with Crippen molar-refractivity contribution in [3.05, 3.63) is 39.4 Å². The molecule has 1 aromatic carbocycles. The lowest BCUT2D eigenvalue weighted by molar-refractivity contribution is -0.385. The molecule has 3 N–H and O–H groups in total. The van der Waals surface area contributed by atoms with E-state index in [2.05, 4.69) is 5.32 Å². The Hall–Kier alpha value is -2.44. The van der Waals surface area contributed by atoms with Crippen LogP contribution in [-0.2, 0) is 4.79 Å². The summed E-state index contributed by atoms with van der Waals surface area (Å²) in [5, 5.41) is 13.4. The van der Waals surface area contributed by atoms with Gasteiger partial charge in [-0.25, -0.2) is 0 Å². The van der Waals surface area contributed by atoms with Crippen LogP contribution in [0.2, 0.25) is 0 Å². The number of nitrogens with one attached hydrogen (secondary N) is 1. The molecule has 7 heteroatoms. The van der Waals surface area contributed by atoms with E-state index in [0.717, 1.165) is 0 Å². The Morgan fingerprint density at radius 3 is 2.40 bits per heavy atom. The molecule has 0 radical (unpaired) electrons. The number of aryl methyl sites for hydroxylation is 1. The highest BCUT2D eigenvalue weighted by Gasteiger charge is 2.26. The predicted molar refractivity (Wildman–Crippen MR) is 73.1 cm³/mol. The Balaban J connectivity index is 3.11. The maximum absolute atomic E-state index is 12.1. The van der Waals surface area contributed by atoms with Gasteiger partial charge >= 0.3 is 0 Å². The lowest BCUT2D eigenvalue weighted by Crippen LogP contribution is -2.47. The van der Waals surface area contributed by atoms with E-state index in [4.69, 9.17) is 5.73 Å². The van der Waals surface area contributed by atoms with Crippen LogP contribution < -0.4 is 11.1 Å². The third-order valence-corrected chi connectivity index (χ3v) is 2.85. The summed E-state index contributed by atoms with van der Waals surface area (Å²) < 4.78 is 0. The molecule has 0 bridgehead atoms. The van der Waals surface area contributed by atoms with Gasteiger partial charge in [-0.1, -0.05) is 19.9 Å². The highest BCUT2D eigenvalue weighted by molar-refractivity contribution is 6.00. The molecule has 1 aromatic rings. The van der Waals surface area contributed by atoms with Crippen molar-refractivity contribution < 1.29 is 14.5 Å². The number of amides is 2. The van der Waals surface area contributed by atoms with Crippen molar-refractivity contribution in [2.75, 3.05) is 0 Å². The first-order valence-corrected chi connectivity index (χ1v) is 6.09. The van der Waals surface area contributed by atoms with Crippen LogP contribution in [0.15, 0.2) is 18.2 Å². The van der Waals surface area contributed by atoms with Gasteiger partial charge in [0.1, 0.15) is 11.6 Å². The Morgan fingerprint density at radius 1 is 1.35 bits per heavy atom. The van der Waals surface area contributed by atoms with Crippen LogP contribution in [0, 0.1) is 23.0 Å². The van der Waals surface area contributed by atoms with Gasteiger partial charge < -0.3 is 11.1 Å². The fourth-order valence-corrected chi connectivity index (χ4v) is 1.78. The first-order chi connectivity index (χ1) is 9.23. The SMILES string of the molecule is Cc1ccc([N+](=O)[O-])c(C(=O)N[C@@H](C(N)=O)C(C)C)c1. The van der Waals surface area contributed by atoms with Gasteiger partial charge in [-0.2, -0.15) is 0 Å². The van der Waals surface area contributed by atoms with Gasteiger partial charge in [0.2, 0.25) is 5.91 Å². The molecule has 0 heterocycles. The van der Waals surface area contributed by atoms with Crippen LogP contribution in [-0.4, -0.2) is 22.8 Å². The van der Waals surface area contributed by atoms with Crippen molar-refractivity contribution >= 4 is 17.5 Å². The summed E-state index contributed by atoms with van der Waals surface area (Å²) in [5.41, 5.74) is 5.53. The summed E-state index contributed by atoms with van der Waals surface area (Å²) in [6.07, 6.45) is 0. The number of carbonyl (C=O) groups excluding carboxylic acids is 2. The molecule has 1 atom stereocenters. The standard InChI is InChI=1S/C13H17N3O4/c1-7(2)11(12(14)17)15-13(18)9-6-8(3)4-5-10(9)16(19)20/h4-7,11H,1-3H3,(H2,14,17)(H,15,18)/t11-/m1/s1. The Labute approximate surface area is 116 Å². The zero-order valence-corrected chi connectivity index (χ0v) is 11.5. The number of benzene rings is 1. The van der Waals surface area contributed by atoms with Gasteiger partial charge in [0.15, 0.2) is 0 Å². The molecule has 0 fully saturated rings. The van der Waals surface area contributed by atoms with Gasteiger partial charge in [-0.15, -0.1) is 0 Å². The molecule has 7 nitrogen and oxygen atoms in total. The molecular formula is C13H17N3O4. The number of carbonyl (C=O) groups is 2. The van der Waals surface area contributed by atoms with Crippen molar-refractivity contribution in [1.29, 1.82) is 0 Å². The van der Waals surface area contributed by atoms with Gasteiger partial charge in [0, 0.05) is 6.07 Å². The van der Waals surface area contributed by atoms with Crippen molar-refractivity contribution in [3.63, 3.8) is 0 Å². The normalized spacial score (nSPS) is 12.0. The summed E-state index contributed by atoms with van der Waals surface area (Å²) in [6, 6.07) is 3.34. The highest BCUT2D eigenvalue weighted by atomic mass is 16.6. The minimum absolute atomic E-state index is 0.0816. The van der Waals surface area contributed by atoms with Crippen molar-refractivity contribution in [2.24, 2.45) is 11.7 Å². The fourth-order valence-electron chi connectivity index (χ4n) is 1.78. The van der Waals surface area contributed by atoms with Crippen molar-refractivity contribution in [3.8, 4) is 0 Å². The van der Waals surface area contributed by atoms with E-state index < -0.39 is 22.8 Å². The monoisotopic (exact) mass is 279 g/mol. The predicted octanol–water partition coefficient (Wildman–Crippen LogP) is 1.14. The zero-order valence-electron chi connectivity index (χ0n) is 11.5. The molecular weight excluding hydrogens is 262 g/mol. The van der Waals surface area contributed by atoms with E-state index in [0.29, 0.717) is 5.56 Å². The zero-order chi connectivity index (χ0) is 15.4. The summed E-state index contributed by atoms with van der Waals surface area (Å²) in [4.78, 5) is 33.7. The molecule has 1 rings (SSSR count). The molecule has 2 amide bonds. The largest absolute Gasteiger partial charge is 0.368 e. The maximum Gasteiger partial charge on any atom is 0.282 e. The second-order valence-corrected chi connectivity index (χ2v) is 4.88. The van der Waals surface area contributed by atoms with Gasteiger partial charge in [0.05, 0.1) is 4.92 Å². The summed E-state index contributed by atoms with van der Waals surface area (Å²) in [5.74, 6) is -1.57. The van der Waals surface area contributed by atoms with E-state index in [-0.39, 0.29) is 17.2 Å². The van der Waals surface area contributed by atoms with E-state index in [1.54, 1.807) is 26.8 Å². The number of rotatable bonds is 5. The molecule has 0 aliphatic rings. The Morgan fingerprint density at radius 2 is 1.95 bits per heavy atom. The second kappa shape index (κ2) is 6.14. The molecule has 0 saturated carbocycles. The van der Waals surface area contributed by atoms with E-state index in [1.807, 2.05) is 0 Å². The summed E-state index contributed by atoms with van der Waals surface area (Å²) >= 11 is 0. The number of nitrogens with two attached hydrogens (primary N) is 1. The van der Waals surface area contributed by atoms with E-state index in [9.17, 15) is 19.7 Å². The quantitative estimate of drug-likeness (QED) is 0.621. The molecule has 0 aliphatic heterocycles. The molecule has 0 unspecified atom stereocenters. The van der Waals surface area contributed by atoms with Gasteiger partial charge in [-0.05, 0) is 24.5 Å². The third-order valence-electron chi connectivity index (χ3n) is 2.85. The number of hydrogen-bond acceptors (Lipinski definition) is 4. The molecule has 0 spiro atoms. The number of nitro groups is 1. The van der Waals surface area contributed by atoms with Crippen LogP contribution in [0.3, 0.4) is 0 Å². The van der Waals surface area contributed by atoms with Crippen LogP contribution in [0.4, 0.5) is 5.69 Å². The average molecular weight is 279 g/mol. The number of nitro benzene ring substituents is 1. The smallest absolute Gasteiger partial charge is 0.282 e. The van der Waals surface area contributed by atoms with Crippen LogP contribution in [0.25, 0.3) is 0 Å². The fraction of sp³-hybridized carbons (Fsp3) is 0.385. The summed E-state index contributed by atoms with van der Waals surface area (Å²) in [7, 11) is 0. The Kier molecular flexibility index (Phi) is 4.79. The molecule has 108 valence electrons. The highest BCUT2D eigenvalue weighted by Crippen LogP contribution is 2.20. The first-order valence-electron chi connectivity index (χ1n) is 6.09. The molecule has 0 aromatic heterocycles.